The lowest BCUT2D eigenvalue weighted by molar-refractivity contribution is -0.138. The lowest BCUT2D eigenvalue weighted by atomic mass is 9.84. The summed E-state index contributed by atoms with van der Waals surface area (Å²) >= 11 is 0. The molecule has 2 aliphatic rings. The zero-order chi connectivity index (χ0) is 20.9. The Morgan fingerprint density at radius 3 is 2.40 bits per heavy atom. The number of carbonyl (C=O) groups is 1. The van der Waals surface area contributed by atoms with Crippen molar-refractivity contribution in [3.63, 3.8) is 0 Å². The molecule has 1 amide bonds. The predicted molar refractivity (Wildman–Crippen MR) is 131 cm³/mol. The van der Waals surface area contributed by atoms with E-state index in [1.165, 1.54) is 12.8 Å². The minimum atomic E-state index is -0.312. The van der Waals surface area contributed by atoms with Crippen LogP contribution in [0.4, 0.5) is 0 Å². The van der Waals surface area contributed by atoms with Gasteiger partial charge in [0.2, 0.25) is 5.91 Å². The molecular weight excluding hydrogens is 493 g/mol. The summed E-state index contributed by atoms with van der Waals surface area (Å²) in [5.74, 6) is 2.91. The molecule has 3 rings (SSSR count). The van der Waals surface area contributed by atoms with Gasteiger partial charge < -0.3 is 20.0 Å². The summed E-state index contributed by atoms with van der Waals surface area (Å²) in [4.78, 5) is 21.4. The fourth-order valence-corrected chi connectivity index (χ4v) is 4.75. The van der Waals surface area contributed by atoms with Crippen LogP contribution in [-0.4, -0.2) is 69.0 Å². The molecule has 2 heterocycles. The Hall–Kier alpha value is -1.29. The van der Waals surface area contributed by atoms with Crippen molar-refractivity contribution in [1.29, 1.82) is 0 Å². The number of amides is 1. The second-order valence-electron chi connectivity index (χ2n) is 8.70. The molecule has 1 unspecified atom stereocenters. The summed E-state index contributed by atoms with van der Waals surface area (Å²) in [6.07, 6.45) is 6.58. The number of aryl methyl sites for hydroxylation is 1. The van der Waals surface area contributed by atoms with E-state index in [-0.39, 0.29) is 41.3 Å². The molecule has 1 saturated heterocycles. The molecule has 0 aromatic carbocycles. The van der Waals surface area contributed by atoms with Crippen molar-refractivity contribution in [3.05, 3.63) is 23.7 Å². The highest BCUT2D eigenvalue weighted by atomic mass is 127. The first-order valence-corrected chi connectivity index (χ1v) is 10.9. The van der Waals surface area contributed by atoms with Crippen LogP contribution in [0.5, 0.6) is 0 Å². The van der Waals surface area contributed by atoms with Crippen molar-refractivity contribution in [2.45, 2.75) is 51.5 Å². The van der Waals surface area contributed by atoms with Crippen LogP contribution in [0, 0.1) is 12.3 Å². The Kier molecular flexibility index (Phi) is 9.46. The number of likely N-dealkylation sites (tertiary alicyclic amines) is 1. The highest BCUT2D eigenvalue weighted by Gasteiger charge is 2.42. The number of furan rings is 1. The van der Waals surface area contributed by atoms with Crippen LogP contribution >= 0.6 is 24.0 Å². The first kappa shape index (κ1) is 25.0. The summed E-state index contributed by atoms with van der Waals surface area (Å²) in [7, 11) is 5.48. The second-order valence-corrected chi connectivity index (χ2v) is 8.70. The zero-order valence-electron chi connectivity index (χ0n) is 18.9. The first-order chi connectivity index (χ1) is 13.9. The first-order valence-electron chi connectivity index (χ1n) is 10.9. The Morgan fingerprint density at radius 2 is 1.87 bits per heavy atom. The van der Waals surface area contributed by atoms with E-state index in [9.17, 15) is 4.79 Å². The lowest BCUT2D eigenvalue weighted by Crippen LogP contribution is -2.50. The second kappa shape index (κ2) is 11.4. The van der Waals surface area contributed by atoms with Gasteiger partial charge in [-0.25, -0.2) is 0 Å². The van der Waals surface area contributed by atoms with Gasteiger partial charge in [-0.2, -0.15) is 0 Å². The van der Waals surface area contributed by atoms with E-state index in [4.69, 9.17) is 4.42 Å². The minimum Gasteiger partial charge on any atom is -0.465 e. The van der Waals surface area contributed by atoms with E-state index in [1.54, 1.807) is 11.9 Å². The van der Waals surface area contributed by atoms with Crippen LogP contribution < -0.4 is 10.6 Å². The van der Waals surface area contributed by atoms with Gasteiger partial charge in [-0.1, -0.05) is 12.8 Å². The normalized spacial score (nSPS) is 19.9. The van der Waals surface area contributed by atoms with E-state index in [0.29, 0.717) is 6.54 Å². The molecule has 1 atom stereocenters. The van der Waals surface area contributed by atoms with Gasteiger partial charge in [0.15, 0.2) is 5.96 Å². The standard InChI is InChI=1S/C22H37N5O2.HI/c1-17-9-10-19(29-17)18(27-13-7-8-14-27)15-24-21(23-2)25-16-22(11-5-6-12-22)20(28)26(3)4;/h9-10,18H,5-8,11-16H2,1-4H3,(H2,23,24,25);1H. The van der Waals surface area contributed by atoms with Crippen molar-refractivity contribution in [3.8, 4) is 0 Å². The molecule has 1 saturated carbocycles. The molecule has 8 heteroatoms. The summed E-state index contributed by atoms with van der Waals surface area (Å²) in [6.45, 7) is 5.53. The Labute approximate surface area is 198 Å². The van der Waals surface area contributed by atoms with E-state index in [2.05, 4.69) is 26.6 Å². The maximum atomic E-state index is 12.8. The largest absolute Gasteiger partial charge is 0.465 e. The van der Waals surface area contributed by atoms with Crippen LogP contribution in [-0.2, 0) is 4.79 Å². The van der Waals surface area contributed by atoms with Crippen molar-refractivity contribution < 1.29 is 9.21 Å². The van der Waals surface area contributed by atoms with Crippen LogP contribution in [0.1, 0.15) is 56.1 Å². The number of aliphatic imine (C=N–C) groups is 1. The van der Waals surface area contributed by atoms with Gasteiger partial charge in [-0.3, -0.25) is 14.7 Å². The monoisotopic (exact) mass is 531 g/mol. The van der Waals surface area contributed by atoms with Crippen molar-refractivity contribution >= 4 is 35.8 Å². The molecule has 2 fully saturated rings. The molecule has 0 spiro atoms. The maximum Gasteiger partial charge on any atom is 0.230 e. The number of hydrogen-bond donors (Lipinski definition) is 2. The van der Waals surface area contributed by atoms with Gasteiger partial charge in [0.25, 0.3) is 0 Å². The minimum absolute atomic E-state index is 0. The molecule has 1 aromatic rings. The average Bonchev–Trinajstić information content (AvgIpc) is 3.46. The number of nitrogens with one attached hydrogen (secondary N) is 2. The fraction of sp³-hybridized carbons (Fsp3) is 0.727. The molecule has 1 aliphatic carbocycles. The third-order valence-corrected chi connectivity index (χ3v) is 6.37. The average molecular weight is 531 g/mol. The van der Waals surface area contributed by atoms with Crippen LogP contribution in [0.2, 0.25) is 0 Å². The summed E-state index contributed by atoms with van der Waals surface area (Å²) < 4.78 is 5.95. The van der Waals surface area contributed by atoms with Gasteiger partial charge in [-0.15, -0.1) is 24.0 Å². The number of nitrogens with zero attached hydrogens (tertiary/aromatic N) is 3. The van der Waals surface area contributed by atoms with Crippen molar-refractivity contribution in [2.24, 2.45) is 10.4 Å². The Morgan fingerprint density at radius 1 is 1.20 bits per heavy atom. The number of guanidine groups is 1. The number of carbonyl (C=O) groups excluding carboxylic acids is 1. The lowest BCUT2D eigenvalue weighted by Gasteiger charge is -2.32. The van der Waals surface area contributed by atoms with Gasteiger partial charge in [0.1, 0.15) is 11.5 Å². The summed E-state index contributed by atoms with van der Waals surface area (Å²) in [5.41, 5.74) is -0.312. The topological polar surface area (TPSA) is 73.1 Å². The maximum absolute atomic E-state index is 12.8. The predicted octanol–water partition coefficient (Wildman–Crippen LogP) is 3.16. The molecule has 1 aliphatic heterocycles. The molecular formula is C22H38IN5O2. The van der Waals surface area contributed by atoms with Crippen LogP contribution in [0.25, 0.3) is 0 Å². The number of hydrogen-bond acceptors (Lipinski definition) is 4. The van der Waals surface area contributed by atoms with Gasteiger partial charge in [0.05, 0.1) is 11.5 Å². The van der Waals surface area contributed by atoms with Crippen molar-refractivity contribution in [1.82, 2.24) is 20.4 Å². The molecule has 170 valence electrons. The Balaban J connectivity index is 0.00000320. The van der Waals surface area contributed by atoms with Crippen molar-refractivity contribution in [2.75, 3.05) is 47.3 Å². The zero-order valence-corrected chi connectivity index (χ0v) is 21.2. The number of halogens is 1. The molecule has 30 heavy (non-hydrogen) atoms. The fourth-order valence-electron chi connectivity index (χ4n) is 4.75. The number of rotatable bonds is 7. The molecule has 2 N–H and O–H groups in total. The smallest absolute Gasteiger partial charge is 0.230 e. The van der Waals surface area contributed by atoms with Crippen LogP contribution in [0.15, 0.2) is 21.5 Å². The third-order valence-electron chi connectivity index (χ3n) is 6.37. The van der Waals surface area contributed by atoms with Gasteiger partial charge in [0, 0.05) is 34.2 Å². The molecule has 7 nitrogen and oxygen atoms in total. The highest BCUT2D eigenvalue weighted by molar-refractivity contribution is 14.0. The van der Waals surface area contributed by atoms with E-state index in [1.807, 2.05) is 27.1 Å². The SMILES string of the molecule is CN=C(NCC(c1ccc(C)o1)N1CCCC1)NCC1(C(=O)N(C)C)CCCC1.I. The van der Waals surface area contributed by atoms with E-state index in [0.717, 1.165) is 62.8 Å². The Bertz CT molecular complexity index is 706. The van der Waals surface area contributed by atoms with Gasteiger partial charge in [-0.05, 0) is 57.8 Å². The molecule has 1 aromatic heterocycles. The molecule has 0 bridgehead atoms. The third kappa shape index (κ3) is 5.90. The van der Waals surface area contributed by atoms with E-state index < -0.39 is 0 Å². The van der Waals surface area contributed by atoms with E-state index >= 15 is 0 Å². The summed E-state index contributed by atoms with van der Waals surface area (Å²) in [6, 6.07) is 4.30. The van der Waals surface area contributed by atoms with Crippen LogP contribution in [0.3, 0.4) is 0 Å². The quantitative estimate of drug-likeness (QED) is 0.322. The molecule has 0 radical (unpaired) electrons. The summed E-state index contributed by atoms with van der Waals surface area (Å²) in [5, 5.41) is 6.91. The highest BCUT2D eigenvalue weighted by Crippen LogP contribution is 2.38. The van der Waals surface area contributed by atoms with Gasteiger partial charge >= 0.3 is 0 Å².